The number of aryl methyl sites for hydroxylation is 1. The molecule has 1 fully saturated rings. The van der Waals surface area contributed by atoms with Crippen LogP contribution in [-0.4, -0.2) is 39.6 Å². The molecule has 1 aliphatic heterocycles. The minimum atomic E-state index is -0.339. The second kappa shape index (κ2) is 9.85. The Hall–Kier alpha value is -3.35. The van der Waals surface area contributed by atoms with Gasteiger partial charge in [-0.15, -0.1) is 0 Å². The highest BCUT2D eigenvalue weighted by atomic mass is 16.5. The number of imidazole rings is 1. The Morgan fingerprint density at radius 2 is 1.91 bits per heavy atom. The van der Waals surface area contributed by atoms with E-state index in [1.165, 1.54) is 0 Å². The molecule has 7 nitrogen and oxygen atoms in total. The van der Waals surface area contributed by atoms with Crippen LogP contribution in [0.3, 0.4) is 0 Å². The highest BCUT2D eigenvalue weighted by Gasteiger charge is 2.33. The Bertz CT molecular complexity index is 1090. The van der Waals surface area contributed by atoms with Gasteiger partial charge in [0.15, 0.2) is 0 Å². The molecule has 1 aliphatic rings. The second-order valence-corrected chi connectivity index (χ2v) is 8.05. The first-order chi connectivity index (χ1) is 15.6. The van der Waals surface area contributed by atoms with Crippen LogP contribution in [0, 0.1) is 0 Å². The molecule has 4 rings (SSSR count). The maximum absolute atomic E-state index is 13.1. The van der Waals surface area contributed by atoms with E-state index in [1.807, 2.05) is 30.0 Å². The first-order valence-electron chi connectivity index (χ1n) is 11.4. The minimum absolute atomic E-state index is 0.0600. The number of hydrogen-bond acceptors (Lipinski definition) is 4. The summed E-state index contributed by atoms with van der Waals surface area (Å²) < 4.78 is 7.44. The fourth-order valence-corrected chi connectivity index (χ4v) is 4.24. The van der Waals surface area contributed by atoms with E-state index in [2.05, 4.69) is 22.9 Å². The predicted molar refractivity (Wildman–Crippen MR) is 125 cm³/mol. The molecule has 32 heavy (non-hydrogen) atoms. The molecule has 1 atom stereocenters. The van der Waals surface area contributed by atoms with Gasteiger partial charge in [0.1, 0.15) is 5.82 Å². The lowest BCUT2D eigenvalue weighted by molar-refractivity contribution is 0.0500. The monoisotopic (exact) mass is 434 g/mol. The van der Waals surface area contributed by atoms with E-state index in [-0.39, 0.29) is 18.0 Å². The Kier molecular flexibility index (Phi) is 6.73. The van der Waals surface area contributed by atoms with Crippen molar-refractivity contribution in [2.75, 3.05) is 18.5 Å². The Morgan fingerprint density at radius 1 is 1.12 bits per heavy atom. The number of rotatable bonds is 7. The summed E-state index contributed by atoms with van der Waals surface area (Å²) in [4.78, 5) is 31.9. The third-order valence-corrected chi connectivity index (χ3v) is 5.91. The summed E-state index contributed by atoms with van der Waals surface area (Å²) in [6.45, 7) is 6.07. The van der Waals surface area contributed by atoms with E-state index in [4.69, 9.17) is 9.72 Å². The number of fused-ring (bicyclic) bond motifs is 1. The molecule has 1 unspecified atom stereocenters. The molecular weight excluding hydrogens is 404 g/mol. The summed E-state index contributed by atoms with van der Waals surface area (Å²) in [6.07, 6.45) is 3.65. The molecule has 2 heterocycles. The zero-order valence-corrected chi connectivity index (χ0v) is 18.7. The van der Waals surface area contributed by atoms with Crippen molar-refractivity contribution >= 4 is 28.7 Å². The molecule has 0 radical (unpaired) electrons. The number of carbonyl (C=O) groups is 2. The van der Waals surface area contributed by atoms with Crippen LogP contribution >= 0.6 is 0 Å². The number of esters is 1. The number of unbranched alkanes of at least 4 members (excludes halogenated alkanes) is 1. The van der Waals surface area contributed by atoms with Crippen molar-refractivity contribution in [3.05, 3.63) is 59.9 Å². The molecular formula is C25H30N4O3. The molecule has 168 valence electrons. The Labute approximate surface area is 188 Å². The fraction of sp³-hybridized carbons (Fsp3) is 0.400. The van der Waals surface area contributed by atoms with Gasteiger partial charge in [-0.25, -0.2) is 14.6 Å². The summed E-state index contributed by atoms with van der Waals surface area (Å²) in [5.41, 5.74) is 3.18. The molecule has 2 aromatic carbocycles. The number of ether oxygens (including phenoxy) is 1. The van der Waals surface area contributed by atoms with E-state index < -0.39 is 0 Å². The molecule has 0 saturated carbocycles. The Balaban J connectivity index is 1.46. The SMILES string of the molecule is CCCCOC(=O)c1ccc(NC(=O)N2CCCC2c2nc3ccccc3n2CC)cc1. The van der Waals surface area contributed by atoms with Gasteiger partial charge in [0, 0.05) is 18.8 Å². The van der Waals surface area contributed by atoms with Gasteiger partial charge in [0.25, 0.3) is 0 Å². The predicted octanol–water partition coefficient (Wildman–Crippen LogP) is 5.38. The molecule has 0 aliphatic carbocycles. The molecule has 1 saturated heterocycles. The number of urea groups is 1. The molecule has 1 aromatic heterocycles. The van der Waals surface area contributed by atoms with E-state index in [1.54, 1.807) is 24.3 Å². The number of carbonyl (C=O) groups excluding carboxylic acids is 2. The van der Waals surface area contributed by atoms with Crippen LogP contribution < -0.4 is 5.32 Å². The van der Waals surface area contributed by atoms with Gasteiger partial charge in [0.2, 0.25) is 0 Å². The third-order valence-electron chi connectivity index (χ3n) is 5.91. The first kappa shape index (κ1) is 21.9. The number of nitrogens with one attached hydrogen (secondary N) is 1. The number of aromatic nitrogens is 2. The number of benzene rings is 2. The van der Waals surface area contributed by atoms with Crippen molar-refractivity contribution in [3.8, 4) is 0 Å². The quantitative estimate of drug-likeness (QED) is 0.400. The van der Waals surface area contributed by atoms with E-state index in [0.717, 1.165) is 49.1 Å². The van der Waals surface area contributed by atoms with Crippen molar-refractivity contribution in [2.45, 2.75) is 52.1 Å². The average Bonchev–Trinajstić information content (AvgIpc) is 3.44. The van der Waals surface area contributed by atoms with Gasteiger partial charge < -0.3 is 19.5 Å². The third kappa shape index (κ3) is 4.47. The van der Waals surface area contributed by atoms with Crippen molar-refractivity contribution in [1.82, 2.24) is 14.5 Å². The summed E-state index contributed by atoms with van der Waals surface area (Å²) in [5, 5.41) is 2.97. The summed E-state index contributed by atoms with van der Waals surface area (Å²) in [5.74, 6) is 0.598. The number of nitrogens with zero attached hydrogens (tertiary/aromatic N) is 3. The lowest BCUT2D eigenvalue weighted by Gasteiger charge is -2.25. The van der Waals surface area contributed by atoms with Crippen LogP contribution in [0.1, 0.15) is 61.8 Å². The highest BCUT2D eigenvalue weighted by Crippen LogP contribution is 2.34. The van der Waals surface area contributed by atoms with E-state index in [0.29, 0.717) is 24.4 Å². The van der Waals surface area contributed by atoms with Crippen molar-refractivity contribution in [3.63, 3.8) is 0 Å². The lowest BCUT2D eigenvalue weighted by Crippen LogP contribution is -2.35. The topological polar surface area (TPSA) is 76.5 Å². The smallest absolute Gasteiger partial charge is 0.338 e. The number of likely N-dealkylation sites (tertiary alicyclic amines) is 1. The lowest BCUT2D eigenvalue weighted by atomic mass is 10.2. The zero-order chi connectivity index (χ0) is 22.5. The average molecular weight is 435 g/mol. The van der Waals surface area contributed by atoms with Gasteiger partial charge in [-0.3, -0.25) is 0 Å². The van der Waals surface area contributed by atoms with Gasteiger partial charge >= 0.3 is 12.0 Å². The van der Waals surface area contributed by atoms with Gasteiger partial charge in [-0.05, 0) is 62.6 Å². The number of hydrogen-bond donors (Lipinski definition) is 1. The van der Waals surface area contributed by atoms with Crippen LogP contribution in [0.25, 0.3) is 11.0 Å². The van der Waals surface area contributed by atoms with Crippen LogP contribution in [0.15, 0.2) is 48.5 Å². The largest absolute Gasteiger partial charge is 0.462 e. The minimum Gasteiger partial charge on any atom is -0.462 e. The number of para-hydroxylation sites is 2. The molecule has 0 bridgehead atoms. The van der Waals surface area contributed by atoms with Gasteiger partial charge in [-0.1, -0.05) is 25.5 Å². The molecule has 1 N–H and O–H groups in total. The van der Waals surface area contributed by atoms with E-state index in [9.17, 15) is 9.59 Å². The van der Waals surface area contributed by atoms with Gasteiger partial charge in [-0.2, -0.15) is 0 Å². The number of anilines is 1. The summed E-state index contributed by atoms with van der Waals surface area (Å²) >= 11 is 0. The van der Waals surface area contributed by atoms with Crippen LogP contribution in [0.4, 0.5) is 10.5 Å². The van der Waals surface area contributed by atoms with Crippen LogP contribution in [0.5, 0.6) is 0 Å². The van der Waals surface area contributed by atoms with Crippen molar-refractivity contribution in [2.24, 2.45) is 0 Å². The van der Waals surface area contributed by atoms with Crippen LogP contribution in [-0.2, 0) is 11.3 Å². The van der Waals surface area contributed by atoms with Gasteiger partial charge in [0.05, 0.1) is 29.2 Å². The fourth-order valence-electron chi connectivity index (χ4n) is 4.24. The highest BCUT2D eigenvalue weighted by molar-refractivity contribution is 5.92. The normalized spacial score (nSPS) is 15.8. The second-order valence-electron chi connectivity index (χ2n) is 8.05. The molecule has 0 spiro atoms. The number of amides is 2. The molecule has 7 heteroatoms. The maximum Gasteiger partial charge on any atom is 0.338 e. The molecule has 2 amide bonds. The van der Waals surface area contributed by atoms with E-state index >= 15 is 0 Å². The van der Waals surface area contributed by atoms with Crippen LogP contribution in [0.2, 0.25) is 0 Å². The maximum atomic E-state index is 13.1. The van der Waals surface area contributed by atoms with Crippen molar-refractivity contribution < 1.29 is 14.3 Å². The zero-order valence-electron chi connectivity index (χ0n) is 18.7. The Morgan fingerprint density at radius 3 is 2.66 bits per heavy atom. The summed E-state index contributed by atoms with van der Waals surface area (Å²) in [6, 6.07) is 14.7. The first-order valence-corrected chi connectivity index (χ1v) is 11.4. The molecule has 3 aromatic rings. The summed E-state index contributed by atoms with van der Waals surface area (Å²) in [7, 11) is 0. The standard InChI is InChI=1S/C25H30N4O3/c1-3-5-17-32-24(30)18-12-14-19(15-13-18)26-25(31)29-16-8-11-22(29)23-27-20-9-6-7-10-21(20)28(23)4-2/h6-7,9-10,12-15,22H,3-5,8,11,16-17H2,1-2H3,(H,26,31). The van der Waals surface area contributed by atoms with Crippen molar-refractivity contribution in [1.29, 1.82) is 0 Å².